The SMILES string of the molecule is Cc1cc(F)c2cc(C)[nH]c2c1. The standard InChI is InChI=1S/C10H10FN/c1-6-3-9(11)8-5-7(2)12-10(8)4-6/h3-5,12H,1-2H3. The van der Waals surface area contributed by atoms with E-state index in [4.69, 9.17) is 0 Å². The second-order valence-electron chi connectivity index (χ2n) is 3.16. The van der Waals surface area contributed by atoms with Gasteiger partial charge < -0.3 is 4.98 Å². The highest BCUT2D eigenvalue weighted by Crippen LogP contribution is 2.19. The van der Waals surface area contributed by atoms with Gasteiger partial charge in [-0.2, -0.15) is 0 Å². The summed E-state index contributed by atoms with van der Waals surface area (Å²) in [5.74, 6) is -0.144. The number of fused-ring (bicyclic) bond motifs is 1. The maximum absolute atomic E-state index is 13.2. The topological polar surface area (TPSA) is 15.8 Å². The first-order valence-electron chi connectivity index (χ1n) is 3.92. The van der Waals surface area contributed by atoms with Crippen LogP contribution in [0.15, 0.2) is 18.2 Å². The first-order chi connectivity index (χ1) is 5.66. The summed E-state index contributed by atoms with van der Waals surface area (Å²) in [5, 5.41) is 0.679. The van der Waals surface area contributed by atoms with E-state index in [1.165, 1.54) is 0 Å². The van der Waals surface area contributed by atoms with Crippen molar-refractivity contribution in [3.63, 3.8) is 0 Å². The van der Waals surface area contributed by atoms with E-state index >= 15 is 0 Å². The van der Waals surface area contributed by atoms with E-state index in [1.54, 1.807) is 6.07 Å². The number of aromatic nitrogens is 1. The van der Waals surface area contributed by atoms with Gasteiger partial charge in [-0.3, -0.25) is 0 Å². The van der Waals surface area contributed by atoms with Crippen molar-refractivity contribution in [1.29, 1.82) is 0 Å². The molecule has 0 aliphatic heterocycles. The van der Waals surface area contributed by atoms with Crippen molar-refractivity contribution in [3.8, 4) is 0 Å². The Bertz CT molecular complexity index is 429. The zero-order valence-electron chi connectivity index (χ0n) is 7.11. The third kappa shape index (κ3) is 0.998. The van der Waals surface area contributed by atoms with Gasteiger partial charge in [0.25, 0.3) is 0 Å². The monoisotopic (exact) mass is 163 g/mol. The summed E-state index contributed by atoms with van der Waals surface area (Å²) in [7, 11) is 0. The highest BCUT2D eigenvalue weighted by molar-refractivity contribution is 5.81. The average Bonchev–Trinajstić information content (AvgIpc) is 2.29. The Kier molecular flexibility index (Phi) is 1.43. The number of hydrogen-bond donors (Lipinski definition) is 1. The normalized spacial score (nSPS) is 10.9. The van der Waals surface area contributed by atoms with Gasteiger partial charge >= 0.3 is 0 Å². The molecule has 2 heteroatoms. The largest absolute Gasteiger partial charge is 0.359 e. The molecule has 1 heterocycles. The van der Waals surface area contributed by atoms with Gasteiger partial charge in [-0.1, -0.05) is 0 Å². The van der Waals surface area contributed by atoms with Crippen molar-refractivity contribution in [2.75, 3.05) is 0 Å². The van der Waals surface area contributed by atoms with Crippen LogP contribution in [0.5, 0.6) is 0 Å². The molecule has 0 fully saturated rings. The zero-order chi connectivity index (χ0) is 8.72. The highest BCUT2D eigenvalue weighted by Gasteiger charge is 2.03. The lowest BCUT2D eigenvalue weighted by atomic mass is 10.2. The summed E-state index contributed by atoms with van der Waals surface area (Å²) in [4.78, 5) is 3.10. The fourth-order valence-corrected chi connectivity index (χ4v) is 1.47. The third-order valence-corrected chi connectivity index (χ3v) is 1.97. The fraction of sp³-hybridized carbons (Fsp3) is 0.200. The smallest absolute Gasteiger partial charge is 0.132 e. The Hall–Kier alpha value is -1.31. The van der Waals surface area contributed by atoms with Crippen molar-refractivity contribution in [2.45, 2.75) is 13.8 Å². The molecule has 0 unspecified atom stereocenters. The fourth-order valence-electron chi connectivity index (χ4n) is 1.47. The Morgan fingerprint density at radius 3 is 2.67 bits per heavy atom. The molecule has 0 aliphatic rings. The van der Waals surface area contributed by atoms with Crippen LogP contribution in [-0.4, -0.2) is 4.98 Å². The number of benzene rings is 1. The summed E-state index contributed by atoms with van der Waals surface area (Å²) in [5.41, 5.74) is 2.82. The van der Waals surface area contributed by atoms with Crippen LogP contribution in [-0.2, 0) is 0 Å². The van der Waals surface area contributed by atoms with Crippen molar-refractivity contribution in [1.82, 2.24) is 4.98 Å². The lowest BCUT2D eigenvalue weighted by Crippen LogP contribution is -1.78. The van der Waals surface area contributed by atoms with Gasteiger partial charge in [0.2, 0.25) is 0 Å². The molecule has 0 atom stereocenters. The maximum atomic E-state index is 13.2. The molecular weight excluding hydrogens is 153 g/mol. The van der Waals surface area contributed by atoms with E-state index in [2.05, 4.69) is 4.98 Å². The molecule has 2 rings (SSSR count). The molecule has 2 aromatic rings. The summed E-state index contributed by atoms with van der Waals surface area (Å²) in [6.45, 7) is 3.81. The van der Waals surface area contributed by atoms with Gasteiger partial charge in [0.1, 0.15) is 5.82 Å². The van der Waals surface area contributed by atoms with Gasteiger partial charge in [-0.05, 0) is 37.6 Å². The van der Waals surface area contributed by atoms with E-state index in [1.807, 2.05) is 26.0 Å². The second-order valence-corrected chi connectivity index (χ2v) is 3.16. The lowest BCUT2D eigenvalue weighted by Gasteiger charge is -1.94. The first kappa shape index (κ1) is 7.35. The van der Waals surface area contributed by atoms with Crippen molar-refractivity contribution >= 4 is 10.9 Å². The summed E-state index contributed by atoms with van der Waals surface area (Å²) >= 11 is 0. The van der Waals surface area contributed by atoms with Crippen LogP contribution >= 0.6 is 0 Å². The molecule has 12 heavy (non-hydrogen) atoms. The molecule has 1 aromatic carbocycles. The first-order valence-corrected chi connectivity index (χ1v) is 3.92. The summed E-state index contributed by atoms with van der Waals surface area (Å²) < 4.78 is 13.2. The van der Waals surface area contributed by atoms with E-state index < -0.39 is 0 Å². The van der Waals surface area contributed by atoms with E-state index in [-0.39, 0.29) is 5.82 Å². The molecule has 0 radical (unpaired) electrons. The molecule has 0 saturated heterocycles. The molecule has 0 aliphatic carbocycles. The molecule has 62 valence electrons. The number of hydrogen-bond acceptors (Lipinski definition) is 0. The lowest BCUT2D eigenvalue weighted by molar-refractivity contribution is 0.639. The van der Waals surface area contributed by atoms with Crippen LogP contribution in [0.2, 0.25) is 0 Å². The van der Waals surface area contributed by atoms with E-state index in [0.717, 1.165) is 16.8 Å². The van der Waals surface area contributed by atoms with Crippen molar-refractivity contribution in [2.24, 2.45) is 0 Å². The van der Waals surface area contributed by atoms with Crippen LogP contribution in [0.3, 0.4) is 0 Å². The van der Waals surface area contributed by atoms with Crippen LogP contribution in [0.4, 0.5) is 4.39 Å². The summed E-state index contributed by atoms with van der Waals surface area (Å²) in [6.07, 6.45) is 0. The molecular formula is C10H10FN. The zero-order valence-corrected chi connectivity index (χ0v) is 7.11. The molecule has 0 amide bonds. The Labute approximate surface area is 70.2 Å². The molecule has 0 bridgehead atoms. The number of aryl methyl sites for hydroxylation is 2. The average molecular weight is 163 g/mol. The van der Waals surface area contributed by atoms with Gasteiger partial charge in [-0.15, -0.1) is 0 Å². The van der Waals surface area contributed by atoms with Crippen molar-refractivity contribution < 1.29 is 4.39 Å². The van der Waals surface area contributed by atoms with E-state index in [9.17, 15) is 4.39 Å². The molecule has 1 N–H and O–H groups in total. The molecule has 0 saturated carbocycles. The molecule has 0 spiro atoms. The number of H-pyrrole nitrogens is 1. The number of aromatic amines is 1. The number of halogens is 1. The van der Waals surface area contributed by atoms with E-state index in [0.29, 0.717) is 5.39 Å². The maximum Gasteiger partial charge on any atom is 0.132 e. The van der Waals surface area contributed by atoms with Crippen LogP contribution in [0.25, 0.3) is 10.9 Å². The van der Waals surface area contributed by atoms with Crippen LogP contribution < -0.4 is 0 Å². The molecule has 1 aromatic heterocycles. The van der Waals surface area contributed by atoms with Crippen LogP contribution in [0, 0.1) is 19.7 Å². The van der Waals surface area contributed by atoms with Gasteiger partial charge in [0.15, 0.2) is 0 Å². The minimum atomic E-state index is -0.144. The quantitative estimate of drug-likeness (QED) is 0.614. The number of rotatable bonds is 0. The summed E-state index contributed by atoms with van der Waals surface area (Å²) in [6, 6.07) is 5.32. The number of nitrogens with one attached hydrogen (secondary N) is 1. The van der Waals surface area contributed by atoms with Crippen molar-refractivity contribution in [3.05, 3.63) is 35.3 Å². The second kappa shape index (κ2) is 2.34. The van der Waals surface area contributed by atoms with Gasteiger partial charge in [0, 0.05) is 16.6 Å². The minimum Gasteiger partial charge on any atom is -0.359 e. The van der Waals surface area contributed by atoms with Gasteiger partial charge in [-0.25, -0.2) is 4.39 Å². The van der Waals surface area contributed by atoms with Gasteiger partial charge in [0.05, 0.1) is 0 Å². The predicted octanol–water partition coefficient (Wildman–Crippen LogP) is 2.92. The predicted molar refractivity (Wildman–Crippen MR) is 47.7 cm³/mol. The minimum absolute atomic E-state index is 0.144. The Morgan fingerprint density at radius 2 is 1.92 bits per heavy atom. The van der Waals surface area contributed by atoms with Crippen LogP contribution in [0.1, 0.15) is 11.3 Å². The Morgan fingerprint density at radius 1 is 1.17 bits per heavy atom. The Balaban J connectivity index is 2.88. The highest BCUT2D eigenvalue weighted by atomic mass is 19.1. The molecule has 1 nitrogen and oxygen atoms in total. The third-order valence-electron chi connectivity index (χ3n) is 1.97.